The Morgan fingerprint density at radius 2 is 1.75 bits per heavy atom. The molecule has 4 aromatic rings. The molecule has 7 nitrogen and oxygen atoms in total. The summed E-state index contributed by atoms with van der Waals surface area (Å²) < 4.78 is 63.7. The quantitative estimate of drug-likeness (QED) is 0.275. The number of hydrogen-bond acceptors (Lipinski definition) is 6. The molecule has 0 bridgehead atoms. The Labute approximate surface area is 227 Å². The highest BCUT2D eigenvalue weighted by atomic mass is 19.4. The molecule has 1 aliphatic heterocycles. The van der Waals surface area contributed by atoms with Gasteiger partial charge in [0.1, 0.15) is 17.9 Å². The summed E-state index contributed by atoms with van der Waals surface area (Å²) in [6.07, 6.45) is -4.30. The van der Waals surface area contributed by atoms with E-state index in [1.807, 2.05) is 0 Å². The fourth-order valence-electron chi connectivity index (χ4n) is 5.09. The van der Waals surface area contributed by atoms with Crippen LogP contribution in [0.5, 0.6) is 17.2 Å². The SMILES string of the molecule is COc1cc2c(cc1OC)C(COc1ccc3c(C)cc(=O)oc3c1)N(C(=O)c1ccccc1C(F)(F)F)CC2. The first-order valence-electron chi connectivity index (χ1n) is 12.5. The molecule has 0 saturated heterocycles. The zero-order chi connectivity index (χ0) is 28.6. The second kappa shape index (κ2) is 10.6. The summed E-state index contributed by atoms with van der Waals surface area (Å²) in [5, 5.41) is 0.743. The standard InChI is InChI=1S/C30H26F3NO6/c1-17-12-28(35)40-25-14-19(8-9-20(17)25)39-16-24-22-15-27(38-3)26(37-2)13-18(22)10-11-34(24)29(36)21-6-4-5-7-23(21)30(31,32)33/h4-9,12-15,24H,10-11,16H2,1-3H3. The van der Waals surface area contributed by atoms with Gasteiger partial charge in [0.15, 0.2) is 11.5 Å². The van der Waals surface area contributed by atoms with Crippen LogP contribution in [0.4, 0.5) is 13.2 Å². The van der Waals surface area contributed by atoms with E-state index in [9.17, 15) is 22.8 Å². The van der Waals surface area contributed by atoms with Gasteiger partial charge in [0.25, 0.3) is 5.91 Å². The van der Waals surface area contributed by atoms with Crippen LogP contribution in [-0.4, -0.2) is 38.2 Å². The van der Waals surface area contributed by atoms with Crippen LogP contribution in [0.1, 0.15) is 38.7 Å². The summed E-state index contributed by atoms with van der Waals surface area (Å²) in [5.74, 6) is 0.529. The smallest absolute Gasteiger partial charge is 0.417 e. The minimum atomic E-state index is -4.70. The zero-order valence-corrected chi connectivity index (χ0v) is 22.0. The molecule has 1 atom stereocenters. The Balaban J connectivity index is 1.55. The number of nitrogens with zero attached hydrogens (tertiary/aromatic N) is 1. The average Bonchev–Trinajstić information content (AvgIpc) is 2.93. The number of benzene rings is 3. The highest BCUT2D eigenvalue weighted by molar-refractivity contribution is 5.96. The van der Waals surface area contributed by atoms with E-state index in [0.29, 0.717) is 34.8 Å². The Morgan fingerprint density at radius 3 is 2.48 bits per heavy atom. The van der Waals surface area contributed by atoms with E-state index >= 15 is 0 Å². The number of carbonyl (C=O) groups excluding carboxylic acids is 1. The minimum absolute atomic E-state index is 0.0794. The van der Waals surface area contributed by atoms with E-state index < -0.39 is 34.9 Å². The first kappa shape index (κ1) is 27.1. The van der Waals surface area contributed by atoms with E-state index in [4.69, 9.17) is 18.6 Å². The molecule has 3 aromatic carbocycles. The van der Waals surface area contributed by atoms with Crippen molar-refractivity contribution < 1.29 is 36.6 Å². The van der Waals surface area contributed by atoms with Crippen molar-refractivity contribution in [2.75, 3.05) is 27.4 Å². The molecular weight excluding hydrogens is 527 g/mol. The maximum Gasteiger partial charge on any atom is 0.417 e. The molecule has 10 heteroatoms. The van der Waals surface area contributed by atoms with Crippen LogP contribution in [0.2, 0.25) is 0 Å². The van der Waals surface area contributed by atoms with Crippen molar-refractivity contribution in [3.8, 4) is 17.2 Å². The third kappa shape index (κ3) is 5.09. The molecule has 0 aliphatic carbocycles. The molecule has 2 heterocycles. The number of methoxy groups -OCH3 is 2. The van der Waals surface area contributed by atoms with Gasteiger partial charge in [-0.25, -0.2) is 4.79 Å². The number of halogens is 3. The van der Waals surface area contributed by atoms with Crippen LogP contribution in [0.15, 0.2) is 69.9 Å². The van der Waals surface area contributed by atoms with Crippen molar-refractivity contribution in [2.24, 2.45) is 0 Å². The molecule has 0 saturated carbocycles. The van der Waals surface area contributed by atoms with Gasteiger partial charge < -0.3 is 23.5 Å². The van der Waals surface area contributed by atoms with Crippen molar-refractivity contribution in [3.05, 3.63) is 98.9 Å². The fraction of sp³-hybridized carbons (Fsp3) is 0.267. The number of fused-ring (bicyclic) bond motifs is 2. The Bertz CT molecular complexity index is 1650. The molecule has 0 radical (unpaired) electrons. The lowest BCUT2D eigenvalue weighted by molar-refractivity contribution is -0.138. The van der Waals surface area contributed by atoms with Crippen LogP contribution < -0.4 is 19.8 Å². The van der Waals surface area contributed by atoms with E-state index in [0.717, 1.165) is 22.6 Å². The predicted molar refractivity (Wildman–Crippen MR) is 141 cm³/mol. The first-order valence-corrected chi connectivity index (χ1v) is 12.5. The zero-order valence-electron chi connectivity index (χ0n) is 22.0. The summed E-state index contributed by atoms with van der Waals surface area (Å²) in [4.78, 5) is 27.0. The molecule has 40 heavy (non-hydrogen) atoms. The highest BCUT2D eigenvalue weighted by Crippen LogP contribution is 2.40. The summed E-state index contributed by atoms with van der Waals surface area (Å²) in [7, 11) is 2.99. The van der Waals surface area contributed by atoms with Gasteiger partial charge >= 0.3 is 11.8 Å². The van der Waals surface area contributed by atoms with Crippen LogP contribution in [0.25, 0.3) is 11.0 Å². The first-order chi connectivity index (χ1) is 19.1. The lowest BCUT2D eigenvalue weighted by Crippen LogP contribution is -2.43. The van der Waals surface area contributed by atoms with E-state index in [-0.39, 0.29) is 13.2 Å². The van der Waals surface area contributed by atoms with Gasteiger partial charge in [0, 0.05) is 24.1 Å². The van der Waals surface area contributed by atoms with Gasteiger partial charge in [-0.3, -0.25) is 4.79 Å². The van der Waals surface area contributed by atoms with Gasteiger partial charge in [0.05, 0.1) is 31.4 Å². The van der Waals surface area contributed by atoms with Crippen LogP contribution in [0, 0.1) is 6.92 Å². The topological polar surface area (TPSA) is 78.2 Å². The number of alkyl halides is 3. The normalized spacial score (nSPS) is 15.1. The number of carbonyl (C=O) groups is 1. The Hall–Kier alpha value is -4.47. The lowest BCUT2D eigenvalue weighted by atomic mass is 9.91. The van der Waals surface area contributed by atoms with Gasteiger partial charge in [-0.2, -0.15) is 13.2 Å². The highest BCUT2D eigenvalue weighted by Gasteiger charge is 2.39. The van der Waals surface area contributed by atoms with E-state index in [1.54, 1.807) is 37.3 Å². The number of ether oxygens (including phenoxy) is 3. The number of amides is 1. The number of aryl methyl sites for hydroxylation is 1. The summed E-state index contributed by atoms with van der Waals surface area (Å²) in [6.45, 7) is 1.87. The maximum atomic E-state index is 13.8. The van der Waals surface area contributed by atoms with E-state index in [2.05, 4.69) is 0 Å². The minimum Gasteiger partial charge on any atom is -0.493 e. The second-order valence-electron chi connectivity index (χ2n) is 9.43. The fourth-order valence-corrected chi connectivity index (χ4v) is 5.09. The third-order valence-corrected chi connectivity index (χ3v) is 7.06. The molecular formula is C30H26F3NO6. The second-order valence-corrected chi connectivity index (χ2v) is 9.43. The molecule has 0 fully saturated rings. The molecule has 0 spiro atoms. The van der Waals surface area contributed by atoms with Gasteiger partial charge in [-0.1, -0.05) is 12.1 Å². The van der Waals surface area contributed by atoms with Crippen molar-refractivity contribution in [3.63, 3.8) is 0 Å². The van der Waals surface area contributed by atoms with Crippen molar-refractivity contribution in [2.45, 2.75) is 25.6 Å². The van der Waals surface area contributed by atoms with E-state index in [1.165, 1.54) is 43.4 Å². The molecule has 0 N–H and O–H groups in total. The van der Waals surface area contributed by atoms with Crippen LogP contribution in [-0.2, 0) is 12.6 Å². The maximum absolute atomic E-state index is 13.8. The van der Waals surface area contributed by atoms with Crippen LogP contribution in [0.3, 0.4) is 0 Å². The van der Waals surface area contributed by atoms with Gasteiger partial charge in [-0.15, -0.1) is 0 Å². The van der Waals surface area contributed by atoms with Crippen molar-refractivity contribution in [1.82, 2.24) is 4.90 Å². The van der Waals surface area contributed by atoms with Gasteiger partial charge in [0.2, 0.25) is 0 Å². The predicted octanol–water partition coefficient (Wildman–Crippen LogP) is 5.96. The van der Waals surface area contributed by atoms with Gasteiger partial charge in [-0.05, 0) is 66.4 Å². The molecule has 1 aliphatic rings. The number of hydrogen-bond donors (Lipinski definition) is 0. The molecule has 208 valence electrons. The lowest BCUT2D eigenvalue weighted by Gasteiger charge is -2.38. The molecule has 1 unspecified atom stereocenters. The molecule has 5 rings (SSSR count). The molecule has 1 aromatic heterocycles. The third-order valence-electron chi connectivity index (χ3n) is 7.06. The Kier molecular flexibility index (Phi) is 7.18. The summed E-state index contributed by atoms with van der Waals surface area (Å²) in [6, 6.07) is 14.0. The number of rotatable bonds is 6. The summed E-state index contributed by atoms with van der Waals surface area (Å²) >= 11 is 0. The monoisotopic (exact) mass is 553 g/mol. The van der Waals surface area contributed by atoms with Crippen molar-refractivity contribution in [1.29, 1.82) is 0 Å². The van der Waals surface area contributed by atoms with Crippen molar-refractivity contribution >= 4 is 16.9 Å². The summed E-state index contributed by atoms with van der Waals surface area (Å²) in [5.41, 5.74) is 0.684. The Morgan fingerprint density at radius 1 is 1.02 bits per heavy atom. The largest absolute Gasteiger partial charge is 0.493 e. The molecule has 1 amide bonds. The average molecular weight is 554 g/mol. The van der Waals surface area contributed by atoms with Crippen LogP contribution >= 0.6 is 0 Å².